The molecule has 0 saturated carbocycles. The largest absolute Gasteiger partial charge is 0.381 e. The fraction of sp³-hybridized carbons (Fsp3) is 0.667. The number of benzene rings is 1. The number of hydrogen-bond acceptors (Lipinski definition) is 2. The summed E-state index contributed by atoms with van der Waals surface area (Å²) in [6.45, 7) is 7.60. The number of nitrogens with zero attached hydrogens (tertiary/aromatic N) is 1. The van der Waals surface area contributed by atoms with Crippen LogP contribution in [0.4, 0.5) is 0 Å². The molecule has 0 N–H and O–H groups in total. The first-order valence-corrected chi connectivity index (χ1v) is 10.0. The van der Waals surface area contributed by atoms with E-state index in [0.717, 1.165) is 37.9 Å². The highest BCUT2D eigenvalue weighted by Gasteiger charge is 2.46. The fourth-order valence-electron chi connectivity index (χ4n) is 4.73. The number of ether oxygens (including phenoxy) is 1. The van der Waals surface area contributed by atoms with Crippen LogP contribution in [0.15, 0.2) is 24.3 Å². The number of likely N-dealkylation sites (tertiary alicyclic amines) is 1. The zero-order chi connectivity index (χ0) is 17.9. The Kier molecular flexibility index (Phi) is 5.75. The maximum absolute atomic E-state index is 13.7. The van der Waals surface area contributed by atoms with Gasteiger partial charge in [0, 0.05) is 31.3 Å². The van der Waals surface area contributed by atoms with E-state index in [1.54, 1.807) is 0 Å². The first kappa shape index (κ1) is 18.7. The molecule has 0 radical (unpaired) electrons. The van der Waals surface area contributed by atoms with Crippen LogP contribution in [0.1, 0.15) is 57.9 Å². The van der Waals surface area contributed by atoms with Crippen molar-refractivity contribution in [3.8, 4) is 0 Å². The second kappa shape index (κ2) is 7.67. The van der Waals surface area contributed by atoms with Crippen molar-refractivity contribution in [1.82, 2.24) is 4.90 Å². The molecule has 2 fully saturated rings. The molecule has 3 rings (SSSR count). The topological polar surface area (TPSA) is 29.5 Å². The van der Waals surface area contributed by atoms with Crippen molar-refractivity contribution in [2.45, 2.75) is 57.8 Å². The third-order valence-electron chi connectivity index (χ3n) is 6.05. The van der Waals surface area contributed by atoms with Crippen LogP contribution in [0.2, 0.25) is 5.02 Å². The molecule has 4 heteroatoms. The summed E-state index contributed by atoms with van der Waals surface area (Å²) in [6.07, 6.45) is 6.17. The Balaban J connectivity index is 1.90. The second-order valence-corrected chi connectivity index (χ2v) is 8.53. The van der Waals surface area contributed by atoms with E-state index in [-0.39, 0.29) is 11.3 Å². The van der Waals surface area contributed by atoms with Crippen molar-refractivity contribution in [2.75, 3.05) is 26.3 Å². The molecule has 1 amide bonds. The number of amides is 1. The average Bonchev–Trinajstić information content (AvgIpc) is 2.61. The minimum atomic E-state index is -0.479. The molecule has 1 atom stereocenters. The van der Waals surface area contributed by atoms with Crippen LogP contribution in [-0.2, 0) is 14.9 Å². The van der Waals surface area contributed by atoms with E-state index < -0.39 is 5.41 Å². The molecule has 2 saturated heterocycles. The lowest BCUT2D eigenvalue weighted by molar-refractivity contribution is -0.145. The number of carbonyl (C=O) groups is 1. The maximum atomic E-state index is 13.7. The Bertz CT molecular complexity index is 608. The van der Waals surface area contributed by atoms with Gasteiger partial charge in [-0.3, -0.25) is 4.79 Å². The highest BCUT2D eigenvalue weighted by molar-refractivity contribution is 6.30. The van der Waals surface area contributed by atoms with E-state index in [2.05, 4.69) is 24.8 Å². The molecule has 0 aliphatic carbocycles. The normalized spacial score (nSPS) is 26.4. The Morgan fingerprint density at radius 3 is 2.72 bits per heavy atom. The van der Waals surface area contributed by atoms with E-state index in [1.165, 1.54) is 19.3 Å². The van der Waals surface area contributed by atoms with Gasteiger partial charge in [0.15, 0.2) is 0 Å². The lowest BCUT2D eigenvalue weighted by Crippen LogP contribution is -2.54. The highest BCUT2D eigenvalue weighted by Crippen LogP contribution is 2.41. The molecule has 25 heavy (non-hydrogen) atoms. The second-order valence-electron chi connectivity index (χ2n) is 8.10. The number of piperidine rings is 1. The van der Waals surface area contributed by atoms with Crippen LogP contribution < -0.4 is 0 Å². The van der Waals surface area contributed by atoms with Gasteiger partial charge in [-0.25, -0.2) is 0 Å². The fourth-order valence-corrected chi connectivity index (χ4v) is 4.92. The molecule has 1 aromatic carbocycles. The SMILES string of the molecule is CCCC1(C)CCCN(C(=O)C2(c3cccc(Cl)c3)CCOCC2)C1. The lowest BCUT2D eigenvalue weighted by Gasteiger charge is -2.46. The predicted molar refractivity (Wildman–Crippen MR) is 102 cm³/mol. The van der Waals surface area contributed by atoms with Gasteiger partial charge in [-0.15, -0.1) is 0 Å². The summed E-state index contributed by atoms with van der Waals surface area (Å²) in [5.74, 6) is 0.278. The third kappa shape index (κ3) is 3.88. The Labute approximate surface area is 156 Å². The summed E-state index contributed by atoms with van der Waals surface area (Å²) < 4.78 is 5.59. The summed E-state index contributed by atoms with van der Waals surface area (Å²) in [4.78, 5) is 15.8. The van der Waals surface area contributed by atoms with Crippen LogP contribution in [0.3, 0.4) is 0 Å². The van der Waals surface area contributed by atoms with Crippen LogP contribution in [0.5, 0.6) is 0 Å². The van der Waals surface area contributed by atoms with Gasteiger partial charge < -0.3 is 9.64 Å². The predicted octanol–water partition coefficient (Wildman–Crippen LogP) is 4.82. The van der Waals surface area contributed by atoms with Crippen LogP contribution in [-0.4, -0.2) is 37.1 Å². The van der Waals surface area contributed by atoms with Gasteiger partial charge in [-0.1, -0.05) is 44.0 Å². The number of hydrogen-bond donors (Lipinski definition) is 0. The average molecular weight is 364 g/mol. The van der Waals surface area contributed by atoms with Gasteiger partial charge in [0.1, 0.15) is 0 Å². The van der Waals surface area contributed by atoms with Crippen molar-refractivity contribution in [1.29, 1.82) is 0 Å². The smallest absolute Gasteiger partial charge is 0.233 e. The molecular formula is C21H30ClNO2. The van der Waals surface area contributed by atoms with Gasteiger partial charge in [0.25, 0.3) is 0 Å². The van der Waals surface area contributed by atoms with E-state index in [1.807, 2.05) is 18.2 Å². The summed E-state index contributed by atoms with van der Waals surface area (Å²) in [7, 11) is 0. The van der Waals surface area contributed by atoms with Gasteiger partial charge in [-0.05, 0) is 55.2 Å². The number of rotatable bonds is 4. The van der Waals surface area contributed by atoms with Crippen molar-refractivity contribution in [2.24, 2.45) is 5.41 Å². The molecular weight excluding hydrogens is 334 g/mol. The van der Waals surface area contributed by atoms with Crippen LogP contribution in [0, 0.1) is 5.41 Å². The Hall–Kier alpha value is -1.06. The van der Waals surface area contributed by atoms with Crippen LogP contribution >= 0.6 is 11.6 Å². The standard InChI is InChI=1S/C21H30ClNO2/c1-3-8-20(2)9-5-12-23(16-20)19(24)21(10-13-25-14-11-21)17-6-4-7-18(22)15-17/h4,6-7,15H,3,5,8-14,16H2,1-2H3. The summed E-state index contributed by atoms with van der Waals surface area (Å²) in [5, 5.41) is 0.700. The molecule has 2 aliphatic heterocycles. The van der Waals surface area contributed by atoms with Gasteiger partial charge in [0.05, 0.1) is 5.41 Å². The summed E-state index contributed by atoms with van der Waals surface area (Å²) in [5.41, 5.74) is 0.827. The van der Waals surface area contributed by atoms with Crippen molar-refractivity contribution in [3.63, 3.8) is 0 Å². The van der Waals surface area contributed by atoms with Crippen LogP contribution in [0.25, 0.3) is 0 Å². The van der Waals surface area contributed by atoms with Crippen molar-refractivity contribution >= 4 is 17.5 Å². The molecule has 2 aliphatic rings. The van der Waals surface area contributed by atoms with E-state index in [4.69, 9.17) is 16.3 Å². The van der Waals surface area contributed by atoms with Crippen molar-refractivity contribution in [3.05, 3.63) is 34.9 Å². The Morgan fingerprint density at radius 2 is 2.04 bits per heavy atom. The lowest BCUT2D eigenvalue weighted by atomic mass is 9.71. The zero-order valence-electron chi connectivity index (χ0n) is 15.5. The minimum absolute atomic E-state index is 0.253. The Morgan fingerprint density at radius 1 is 1.28 bits per heavy atom. The molecule has 0 spiro atoms. The molecule has 3 nitrogen and oxygen atoms in total. The van der Waals surface area contributed by atoms with Gasteiger partial charge in [-0.2, -0.15) is 0 Å². The first-order chi connectivity index (χ1) is 12.0. The minimum Gasteiger partial charge on any atom is -0.381 e. The maximum Gasteiger partial charge on any atom is 0.233 e. The van der Waals surface area contributed by atoms with Gasteiger partial charge in [0.2, 0.25) is 5.91 Å². The first-order valence-electron chi connectivity index (χ1n) is 9.62. The number of carbonyl (C=O) groups excluding carboxylic acids is 1. The summed E-state index contributed by atoms with van der Waals surface area (Å²) in [6, 6.07) is 7.87. The zero-order valence-corrected chi connectivity index (χ0v) is 16.3. The molecule has 2 heterocycles. The molecule has 0 aromatic heterocycles. The van der Waals surface area contributed by atoms with E-state index in [9.17, 15) is 4.79 Å². The highest BCUT2D eigenvalue weighted by atomic mass is 35.5. The summed E-state index contributed by atoms with van der Waals surface area (Å²) >= 11 is 6.25. The van der Waals surface area contributed by atoms with E-state index >= 15 is 0 Å². The monoisotopic (exact) mass is 363 g/mol. The molecule has 0 bridgehead atoms. The molecule has 1 aromatic rings. The third-order valence-corrected chi connectivity index (χ3v) is 6.29. The number of halogens is 1. The molecule has 1 unspecified atom stereocenters. The van der Waals surface area contributed by atoms with Crippen molar-refractivity contribution < 1.29 is 9.53 Å². The quantitative estimate of drug-likeness (QED) is 0.767. The molecule has 138 valence electrons. The van der Waals surface area contributed by atoms with E-state index in [0.29, 0.717) is 18.2 Å². The van der Waals surface area contributed by atoms with Gasteiger partial charge >= 0.3 is 0 Å².